The summed E-state index contributed by atoms with van der Waals surface area (Å²) in [5.41, 5.74) is 0. The van der Waals surface area contributed by atoms with Gasteiger partial charge in [-0.15, -0.1) is 0 Å². The highest BCUT2D eigenvalue weighted by Gasteiger charge is 2.23. The fourth-order valence-corrected chi connectivity index (χ4v) is 3.53. The van der Waals surface area contributed by atoms with Crippen molar-refractivity contribution in [3.05, 3.63) is 46.5 Å². The molecule has 1 aliphatic rings. The molecule has 5 nitrogen and oxygen atoms in total. The third-order valence-corrected chi connectivity index (χ3v) is 5.12. The van der Waals surface area contributed by atoms with Gasteiger partial charge in [0.1, 0.15) is 11.6 Å². The van der Waals surface area contributed by atoms with E-state index >= 15 is 0 Å². The van der Waals surface area contributed by atoms with Crippen LogP contribution in [0.1, 0.15) is 18.7 Å². The van der Waals surface area contributed by atoms with Crippen molar-refractivity contribution in [2.75, 3.05) is 19.7 Å². The SMILES string of the molecule is Cc1nccn1CC1CCN(C(=O)COc2ccc(Cl)cc2Cl)CC1. The first-order valence-electron chi connectivity index (χ1n) is 8.36. The van der Waals surface area contributed by atoms with Gasteiger partial charge in [0.2, 0.25) is 0 Å². The number of carbonyl (C=O) groups is 1. The quantitative estimate of drug-likeness (QED) is 0.790. The molecule has 0 aliphatic carbocycles. The normalized spacial score (nSPS) is 15.4. The molecule has 0 saturated carbocycles. The Balaban J connectivity index is 1.46. The van der Waals surface area contributed by atoms with Crippen molar-refractivity contribution in [2.45, 2.75) is 26.3 Å². The number of aryl methyl sites for hydroxylation is 1. The number of amides is 1. The van der Waals surface area contributed by atoms with Crippen molar-refractivity contribution in [3.8, 4) is 5.75 Å². The summed E-state index contributed by atoms with van der Waals surface area (Å²) in [6.07, 6.45) is 5.82. The minimum Gasteiger partial charge on any atom is -0.482 e. The molecule has 0 spiro atoms. The lowest BCUT2D eigenvalue weighted by Crippen LogP contribution is -2.41. The van der Waals surface area contributed by atoms with E-state index in [9.17, 15) is 4.79 Å². The van der Waals surface area contributed by atoms with E-state index in [0.29, 0.717) is 21.7 Å². The number of halogens is 2. The Labute approximate surface area is 157 Å². The largest absolute Gasteiger partial charge is 0.482 e. The van der Waals surface area contributed by atoms with Crippen LogP contribution in [0.4, 0.5) is 0 Å². The van der Waals surface area contributed by atoms with Crippen LogP contribution >= 0.6 is 23.2 Å². The zero-order valence-electron chi connectivity index (χ0n) is 14.1. The Kier molecular flexibility index (Phi) is 5.86. The van der Waals surface area contributed by atoms with Crippen molar-refractivity contribution in [2.24, 2.45) is 5.92 Å². The molecule has 0 radical (unpaired) electrons. The maximum absolute atomic E-state index is 12.3. The predicted octanol–water partition coefficient (Wildman–Crippen LogP) is 3.82. The molecule has 134 valence electrons. The molecule has 0 unspecified atom stereocenters. The van der Waals surface area contributed by atoms with Gasteiger partial charge in [0, 0.05) is 37.1 Å². The first-order chi connectivity index (χ1) is 12.0. The van der Waals surface area contributed by atoms with Crippen LogP contribution in [0.5, 0.6) is 5.75 Å². The number of carbonyl (C=O) groups excluding carboxylic acids is 1. The van der Waals surface area contributed by atoms with Crippen LogP contribution < -0.4 is 4.74 Å². The van der Waals surface area contributed by atoms with Crippen LogP contribution in [0.3, 0.4) is 0 Å². The van der Waals surface area contributed by atoms with Gasteiger partial charge in [0.05, 0.1) is 5.02 Å². The Morgan fingerprint density at radius 2 is 2.08 bits per heavy atom. The number of imidazole rings is 1. The van der Waals surface area contributed by atoms with Gasteiger partial charge in [0.25, 0.3) is 5.91 Å². The van der Waals surface area contributed by atoms with Crippen LogP contribution in [0, 0.1) is 12.8 Å². The summed E-state index contributed by atoms with van der Waals surface area (Å²) >= 11 is 11.9. The van der Waals surface area contributed by atoms with Crippen LogP contribution in [0.15, 0.2) is 30.6 Å². The van der Waals surface area contributed by atoms with Gasteiger partial charge >= 0.3 is 0 Å². The van der Waals surface area contributed by atoms with E-state index < -0.39 is 0 Å². The summed E-state index contributed by atoms with van der Waals surface area (Å²) in [5, 5.41) is 0.952. The molecule has 25 heavy (non-hydrogen) atoms. The number of rotatable bonds is 5. The topological polar surface area (TPSA) is 47.4 Å². The molecule has 2 aromatic rings. The number of likely N-dealkylation sites (tertiary alicyclic amines) is 1. The average molecular weight is 382 g/mol. The second-order valence-electron chi connectivity index (χ2n) is 6.31. The predicted molar refractivity (Wildman–Crippen MR) is 98.2 cm³/mol. The van der Waals surface area contributed by atoms with Gasteiger partial charge in [0.15, 0.2) is 6.61 Å². The van der Waals surface area contributed by atoms with Crippen molar-refractivity contribution in [3.63, 3.8) is 0 Å². The molecule has 3 rings (SSSR count). The number of piperidine rings is 1. The molecule has 1 aliphatic heterocycles. The highest BCUT2D eigenvalue weighted by molar-refractivity contribution is 6.35. The summed E-state index contributed by atoms with van der Waals surface area (Å²) in [4.78, 5) is 18.5. The zero-order valence-corrected chi connectivity index (χ0v) is 15.6. The first kappa shape index (κ1) is 18.1. The fourth-order valence-electron chi connectivity index (χ4n) is 3.06. The monoisotopic (exact) mass is 381 g/mol. The fraction of sp³-hybridized carbons (Fsp3) is 0.444. The lowest BCUT2D eigenvalue weighted by Gasteiger charge is -2.32. The highest BCUT2D eigenvalue weighted by Crippen LogP contribution is 2.27. The van der Waals surface area contributed by atoms with Crippen molar-refractivity contribution in [1.29, 1.82) is 0 Å². The molecule has 1 amide bonds. The molecular weight excluding hydrogens is 361 g/mol. The lowest BCUT2D eigenvalue weighted by molar-refractivity contribution is -0.134. The molecule has 0 bridgehead atoms. The second kappa shape index (κ2) is 8.11. The van der Waals surface area contributed by atoms with E-state index in [1.54, 1.807) is 18.2 Å². The Morgan fingerprint density at radius 3 is 2.72 bits per heavy atom. The third kappa shape index (κ3) is 4.67. The maximum atomic E-state index is 12.3. The summed E-state index contributed by atoms with van der Waals surface area (Å²) in [6.45, 7) is 4.49. The number of ether oxygens (including phenoxy) is 1. The molecule has 1 aromatic heterocycles. The van der Waals surface area contributed by atoms with Crippen LogP contribution in [0.2, 0.25) is 10.0 Å². The van der Waals surface area contributed by atoms with Crippen molar-refractivity contribution < 1.29 is 9.53 Å². The molecule has 1 aromatic carbocycles. The van der Waals surface area contributed by atoms with Crippen LogP contribution in [-0.2, 0) is 11.3 Å². The third-order valence-electron chi connectivity index (χ3n) is 4.59. The van der Waals surface area contributed by atoms with Crippen molar-refractivity contribution >= 4 is 29.1 Å². The molecular formula is C18H21Cl2N3O2. The van der Waals surface area contributed by atoms with Gasteiger partial charge in [-0.2, -0.15) is 0 Å². The summed E-state index contributed by atoms with van der Waals surface area (Å²) in [6, 6.07) is 4.97. The minimum absolute atomic E-state index is 0.00729. The standard InChI is InChI=1S/C18H21Cl2N3O2/c1-13-21-6-9-23(13)11-14-4-7-22(8-5-14)18(24)12-25-17-3-2-15(19)10-16(17)20/h2-3,6,9-10,14H,4-5,7-8,11-12H2,1H3. The highest BCUT2D eigenvalue weighted by atomic mass is 35.5. The second-order valence-corrected chi connectivity index (χ2v) is 7.16. The Morgan fingerprint density at radius 1 is 1.32 bits per heavy atom. The number of hydrogen-bond acceptors (Lipinski definition) is 3. The minimum atomic E-state index is -0.0109. The number of nitrogens with zero attached hydrogens (tertiary/aromatic N) is 3. The maximum Gasteiger partial charge on any atom is 0.260 e. The first-order valence-corrected chi connectivity index (χ1v) is 9.12. The van der Waals surface area contributed by atoms with Gasteiger partial charge in [-0.25, -0.2) is 4.98 Å². The molecule has 1 fully saturated rings. The van der Waals surface area contributed by atoms with Gasteiger partial charge in [-0.3, -0.25) is 4.79 Å². The van der Waals surface area contributed by atoms with E-state index in [2.05, 4.69) is 9.55 Å². The molecule has 2 heterocycles. The van der Waals surface area contributed by atoms with Gasteiger partial charge < -0.3 is 14.2 Å². The number of benzene rings is 1. The van der Waals surface area contributed by atoms with Crippen LogP contribution in [0.25, 0.3) is 0 Å². The van der Waals surface area contributed by atoms with E-state index in [1.807, 2.05) is 24.2 Å². The van der Waals surface area contributed by atoms with E-state index in [-0.39, 0.29) is 12.5 Å². The molecule has 1 saturated heterocycles. The smallest absolute Gasteiger partial charge is 0.260 e. The summed E-state index contributed by atoms with van der Waals surface area (Å²) in [5.74, 6) is 2.07. The van der Waals surface area contributed by atoms with Crippen LogP contribution in [-0.4, -0.2) is 40.1 Å². The summed E-state index contributed by atoms with van der Waals surface area (Å²) < 4.78 is 7.71. The zero-order chi connectivity index (χ0) is 17.8. The Bertz CT molecular complexity index is 740. The average Bonchev–Trinajstić information content (AvgIpc) is 2.99. The lowest BCUT2D eigenvalue weighted by atomic mass is 9.96. The molecule has 0 atom stereocenters. The molecule has 0 N–H and O–H groups in total. The van der Waals surface area contributed by atoms with E-state index in [0.717, 1.165) is 38.3 Å². The van der Waals surface area contributed by atoms with Gasteiger partial charge in [-0.1, -0.05) is 23.2 Å². The summed E-state index contributed by atoms with van der Waals surface area (Å²) in [7, 11) is 0. The van der Waals surface area contributed by atoms with E-state index in [4.69, 9.17) is 27.9 Å². The Hall–Kier alpha value is -1.72. The van der Waals surface area contributed by atoms with Crippen molar-refractivity contribution in [1.82, 2.24) is 14.5 Å². The number of hydrogen-bond donors (Lipinski definition) is 0. The van der Waals surface area contributed by atoms with Gasteiger partial charge in [-0.05, 0) is 43.9 Å². The van der Waals surface area contributed by atoms with E-state index in [1.165, 1.54) is 0 Å². The molecule has 7 heteroatoms. The number of aromatic nitrogens is 2.